The van der Waals surface area contributed by atoms with E-state index in [0.717, 1.165) is 0 Å². The summed E-state index contributed by atoms with van der Waals surface area (Å²) >= 11 is 10.7. The van der Waals surface area contributed by atoms with E-state index in [9.17, 15) is 4.57 Å². The third-order valence-corrected chi connectivity index (χ3v) is 2.20. The van der Waals surface area contributed by atoms with Crippen molar-refractivity contribution in [2.75, 3.05) is 6.61 Å². The summed E-state index contributed by atoms with van der Waals surface area (Å²) in [7, 11) is -4.60. The van der Waals surface area contributed by atoms with Crippen LogP contribution in [-0.4, -0.2) is 27.5 Å². The highest BCUT2D eigenvalue weighted by atomic mass is 35.5. The van der Waals surface area contributed by atoms with Crippen LogP contribution >= 0.6 is 31.0 Å². The number of ether oxygens (including phenoxy) is 1. The van der Waals surface area contributed by atoms with Crippen LogP contribution in [0.2, 0.25) is 0 Å². The number of phosphoric acid groups is 1. The Hall–Kier alpha value is 0.650. The average molecular weight is 239 g/mol. The monoisotopic (exact) mass is 238 g/mol. The molecule has 5 nitrogen and oxygen atoms in total. The molecule has 0 saturated heterocycles. The van der Waals surface area contributed by atoms with Crippen molar-refractivity contribution in [3.8, 4) is 0 Å². The smallest absolute Gasteiger partial charge is 0.359 e. The molecule has 0 aromatic rings. The summed E-state index contributed by atoms with van der Waals surface area (Å²) in [5, 5.41) is 0. The standard InChI is InChI=1S/C4H9Cl2O5P/c1-2-10-3(5)4(6)11-12(7,8)9/h3-4H,2H2,1H3,(H2,7,8,9). The molecule has 0 bridgehead atoms. The van der Waals surface area contributed by atoms with E-state index in [-0.39, 0.29) is 6.61 Å². The molecule has 8 heteroatoms. The molecule has 0 fully saturated rings. The van der Waals surface area contributed by atoms with E-state index < -0.39 is 18.9 Å². The maximum absolute atomic E-state index is 10.2. The first kappa shape index (κ1) is 12.7. The first-order chi connectivity index (χ1) is 5.37. The van der Waals surface area contributed by atoms with Gasteiger partial charge in [0.15, 0.2) is 11.1 Å². The lowest BCUT2D eigenvalue weighted by Gasteiger charge is -2.16. The highest BCUT2D eigenvalue weighted by Gasteiger charge is 2.26. The molecule has 0 spiro atoms. The molecular formula is C4H9Cl2O5P. The van der Waals surface area contributed by atoms with Gasteiger partial charge in [-0.05, 0) is 6.92 Å². The SMILES string of the molecule is CCOC(Cl)C(Cl)OP(=O)(O)O. The van der Waals surface area contributed by atoms with Crippen molar-refractivity contribution in [2.45, 2.75) is 18.1 Å². The zero-order valence-corrected chi connectivity index (χ0v) is 8.59. The fourth-order valence-corrected chi connectivity index (χ4v) is 1.42. The van der Waals surface area contributed by atoms with Crippen molar-refractivity contribution in [2.24, 2.45) is 0 Å². The van der Waals surface area contributed by atoms with Crippen molar-refractivity contribution in [3.63, 3.8) is 0 Å². The van der Waals surface area contributed by atoms with Crippen LogP contribution in [0, 0.1) is 0 Å². The highest BCUT2D eigenvalue weighted by Crippen LogP contribution is 2.39. The third-order valence-electron chi connectivity index (χ3n) is 0.770. The highest BCUT2D eigenvalue weighted by molar-refractivity contribution is 7.46. The summed E-state index contributed by atoms with van der Waals surface area (Å²) in [6, 6.07) is 0. The number of alkyl halides is 2. The lowest BCUT2D eigenvalue weighted by molar-refractivity contribution is 0.0492. The van der Waals surface area contributed by atoms with Crippen molar-refractivity contribution < 1.29 is 23.6 Å². The van der Waals surface area contributed by atoms with Crippen LogP contribution in [0.25, 0.3) is 0 Å². The molecule has 0 aliphatic carbocycles. The fraction of sp³-hybridized carbons (Fsp3) is 1.00. The maximum Gasteiger partial charge on any atom is 0.471 e. The second-order valence-corrected chi connectivity index (χ2v) is 3.81. The zero-order chi connectivity index (χ0) is 9.78. The van der Waals surface area contributed by atoms with Gasteiger partial charge >= 0.3 is 7.82 Å². The molecule has 12 heavy (non-hydrogen) atoms. The van der Waals surface area contributed by atoms with Gasteiger partial charge in [-0.2, -0.15) is 0 Å². The van der Waals surface area contributed by atoms with Crippen LogP contribution in [0.5, 0.6) is 0 Å². The predicted molar refractivity (Wildman–Crippen MR) is 44.0 cm³/mol. The van der Waals surface area contributed by atoms with Gasteiger partial charge in [0.1, 0.15) is 0 Å². The van der Waals surface area contributed by atoms with E-state index in [4.69, 9.17) is 37.7 Å². The molecule has 0 aliphatic heterocycles. The Labute approximate surface area is 79.8 Å². The van der Waals surface area contributed by atoms with Gasteiger partial charge in [-0.3, -0.25) is 4.52 Å². The summed E-state index contributed by atoms with van der Waals surface area (Å²) in [5.74, 6) is 0. The summed E-state index contributed by atoms with van der Waals surface area (Å²) in [6.45, 7) is 1.94. The third kappa shape index (κ3) is 6.20. The molecule has 0 aromatic carbocycles. The molecule has 0 rings (SSSR count). The van der Waals surface area contributed by atoms with Gasteiger partial charge in [-0.1, -0.05) is 23.2 Å². The number of hydrogen-bond acceptors (Lipinski definition) is 3. The number of halogens is 2. The normalized spacial score (nSPS) is 17.4. The van der Waals surface area contributed by atoms with Gasteiger partial charge in [0, 0.05) is 6.61 Å². The maximum atomic E-state index is 10.2. The molecule has 2 atom stereocenters. The second-order valence-electron chi connectivity index (χ2n) is 1.75. The van der Waals surface area contributed by atoms with E-state index >= 15 is 0 Å². The van der Waals surface area contributed by atoms with Crippen LogP contribution in [0.15, 0.2) is 0 Å². The zero-order valence-electron chi connectivity index (χ0n) is 6.18. The molecule has 2 N–H and O–H groups in total. The minimum atomic E-state index is -4.60. The van der Waals surface area contributed by atoms with Gasteiger partial charge in [0.25, 0.3) is 0 Å². The van der Waals surface area contributed by atoms with Crippen molar-refractivity contribution in [1.82, 2.24) is 0 Å². The topological polar surface area (TPSA) is 76.0 Å². The molecule has 0 aliphatic rings. The molecule has 2 unspecified atom stereocenters. The van der Waals surface area contributed by atoms with E-state index in [2.05, 4.69) is 4.52 Å². The van der Waals surface area contributed by atoms with Crippen LogP contribution in [0.3, 0.4) is 0 Å². The molecule has 0 aromatic heterocycles. The Kier molecular flexibility index (Phi) is 5.69. The van der Waals surface area contributed by atoms with Gasteiger partial charge in [0.05, 0.1) is 0 Å². The Morgan fingerprint density at radius 1 is 1.42 bits per heavy atom. The Morgan fingerprint density at radius 2 is 1.92 bits per heavy atom. The number of rotatable bonds is 5. The van der Waals surface area contributed by atoms with Crippen LogP contribution in [0.1, 0.15) is 6.92 Å². The summed E-state index contributed by atoms with van der Waals surface area (Å²) < 4.78 is 19.0. The molecule has 0 amide bonds. The lowest BCUT2D eigenvalue weighted by atomic mass is 10.7. The summed E-state index contributed by atoms with van der Waals surface area (Å²) in [4.78, 5) is 16.6. The van der Waals surface area contributed by atoms with E-state index in [1.807, 2.05) is 0 Å². The Morgan fingerprint density at radius 3 is 2.25 bits per heavy atom. The average Bonchev–Trinajstić information content (AvgIpc) is 1.84. The summed E-state index contributed by atoms with van der Waals surface area (Å²) in [5.41, 5.74) is -2.45. The van der Waals surface area contributed by atoms with Crippen molar-refractivity contribution in [3.05, 3.63) is 0 Å². The molecule has 74 valence electrons. The number of hydrogen-bond donors (Lipinski definition) is 2. The van der Waals surface area contributed by atoms with Gasteiger partial charge < -0.3 is 14.5 Å². The minimum Gasteiger partial charge on any atom is -0.359 e. The van der Waals surface area contributed by atoms with E-state index in [1.165, 1.54) is 0 Å². The van der Waals surface area contributed by atoms with Gasteiger partial charge in [-0.15, -0.1) is 0 Å². The van der Waals surface area contributed by atoms with Crippen molar-refractivity contribution in [1.29, 1.82) is 0 Å². The summed E-state index contributed by atoms with van der Waals surface area (Å²) in [6.07, 6.45) is 0. The molecule has 0 heterocycles. The Balaban J connectivity index is 3.86. The van der Waals surface area contributed by atoms with Crippen LogP contribution in [0.4, 0.5) is 0 Å². The second kappa shape index (κ2) is 5.40. The van der Waals surface area contributed by atoms with E-state index in [1.54, 1.807) is 6.92 Å². The predicted octanol–water partition coefficient (Wildman–Crippen LogP) is 1.26. The molecule has 0 saturated carbocycles. The van der Waals surface area contributed by atoms with Crippen LogP contribution in [-0.2, 0) is 13.8 Å². The van der Waals surface area contributed by atoms with E-state index in [0.29, 0.717) is 0 Å². The minimum absolute atomic E-state index is 0.280. The van der Waals surface area contributed by atoms with Gasteiger partial charge in [0.2, 0.25) is 0 Å². The molecule has 0 radical (unpaired) electrons. The Bertz CT molecular complexity index is 171. The molecular weight excluding hydrogens is 230 g/mol. The lowest BCUT2D eigenvalue weighted by Crippen LogP contribution is -2.20. The van der Waals surface area contributed by atoms with Crippen molar-refractivity contribution >= 4 is 31.0 Å². The number of phosphoric ester groups is 1. The fourth-order valence-electron chi connectivity index (χ4n) is 0.414. The first-order valence-electron chi connectivity index (χ1n) is 3.00. The van der Waals surface area contributed by atoms with Gasteiger partial charge in [-0.25, -0.2) is 4.57 Å². The first-order valence-corrected chi connectivity index (χ1v) is 5.41. The largest absolute Gasteiger partial charge is 0.471 e. The quantitative estimate of drug-likeness (QED) is 0.557. The van der Waals surface area contributed by atoms with Crippen LogP contribution < -0.4 is 0 Å².